The molecule has 1 unspecified atom stereocenters. The Kier molecular flexibility index (Phi) is 5.36. The Balaban J connectivity index is 4.78. The molecule has 74 valence electrons. The van der Waals surface area contributed by atoms with E-state index in [2.05, 4.69) is 13.5 Å². The van der Waals surface area contributed by atoms with Gasteiger partial charge in [0, 0.05) is 5.41 Å². The quantitative estimate of drug-likeness (QED) is 0.572. The monoisotopic (exact) mass is 180 g/mol. The first-order valence-corrected chi connectivity index (χ1v) is 4.88. The van der Waals surface area contributed by atoms with Crippen LogP contribution in [0.25, 0.3) is 0 Å². The van der Waals surface area contributed by atoms with Crippen LogP contribution in [0.4, 0.5) is 0 Å². The smallest absolute Gasteiger partial charge is 0.140 e. The van der Waals surface area contributed by atoms with Gasteiger partial charge in [-0.3, -0.25) is 4.79 Å². The van der Waals surface area contributed by atoms with Gasteiger partial charge in [0.05, 0.1) is 0 Å². The minimum absolute atomic E-state index is 0.243. The van der Waals surface area contributed by atoms with Crippen molar-refractivity contribution >= 4 is 5.78 Å². The van der Waals surface area contributed by atoms with Gasteiger partial charge in [-0.1, -0.05) is 31.6 Å². The molecule has 1 nitrogen and oxygen atoms in total. The summed E-state index contributed by atoms with van der Waals surface area (Å²) in [5, 5.41) is 0. The van der Waals surface area contributed by atoms with Gasteiger partial charge in [-0.2, -0.15) is 0 Å². The number of carbonyl (C=O) groups is 1. The van der Waals surface area contributed by atoms with Gasteiger partial charge in [0.25, 0.3) is 0 Å². The van der Waals surface area contributed by atoms with Gasteiger partial charge < -0.3 is 0 Å². The van der Waals surface area contributed by atoms with E-state index in [1.165, 1.54) is 0 Å². The first kappa shape index (κ1) is 12.2. The summed E-state index contributed by atoms with van der Waals surface area (Å²) in [6.07, 6.45) is 8.50. The van der Waals surface area contributed by atoms with Crippen LogP contribution in [0.2, 0.25) is 0 Å². The van der Waals surface area contributed by atoms with E-state index in [9.17, 15) is 4.79 Å². The van der Waals surface area contributed by atoms with Crippen molar-refractivity contribution in [2.24, 2.45) is 5.41 Å². The maximum atomic E-state index is 11.5. The summed E-state index contributed by atoms with van der Waals surface area (Å²) < 4.78 is 0. The molecule has 0 saturated carbocycles. The van der Waals surface area contributed by atoms with Gasteiger partial charge >= 0.3 is 0 Å². The van der Waals surface area contributed by atoms with Gasteiger partial charge in [-0.25, -0.2) is 0 Å². The standard InChI is InChI=1S/C12H20O/c1-5-8-12(9-6-2,10-7-3)11(4)13/h5-6,9H,1,7-8,10H2,2-4H3. The summed E-state index contributed by atoms with van der Waals surface area (Å²) in [6.45, 7) is 9.43. The fourth-order valence-corrected chi connectivity index (χ4v) is 1.71. The molecule has 0 heterocycles. The molecule has 0 bridgehead atoms. The third kappa shape index (κ3) is 3.17. The molecule has 0 spiro atoms. The van der Waals surface area contributed by atoms with Crippen molar-refractivity contribution in [1.82, 2.24) is 0 Å². The van der Waals surface area contributed by atoms with Crippen molar-refractivity contribution in [2.75, 3.05) is 0 Å². The van der Waals surface area contributed by atoms with E-state index in [0.717, 1.165) is 19.3 Å². The Morgan fingerprint density at radius 1 is 1.54 bits per heavy atom. The van der Waals surface area contributed by atoms with Crippen LogP contribution in [0.15, 0.2) is 24.8 Å². The molecule has 0 aliphatic rings. The van der Waals surface area contributed by atoms with E-state index in [1.807, 2.05) is 25.2 Å². The van der Waals surface area contributed by atoms with E-state index in [1.54, 1.807) is 6.92 Å². The molecule has 0 amide bonds. The van der Waals surface area contributed by atoms with Gasteiger partial charge in [0.2, 0.25) is 0 Å². The molecule has 1 atom stereocenters. The third-order valence-electron chi connectivity index (χ3n) is 2.39. The highest BCUT2D eigenvalue weighted by Gasteiger charge is 2.29. The van der Waals surface area contributed by atoms with Crippen LogP contribution in [0.5, 0.6) is 0 Å². The second-order valence-electron chi connectivity index (χ2n) is 3.46. The second kappa shape index (κ2) is 5.74. The van der Waals surface area contributed by atoms with Crippen LogP contribution in [-0.2, 0) is 4.79 Å². The van der Waals surface area contributed by atoms with Crippen molar-refractivity contribution in [1.29, 1.82) is 0 Å². The SMILES string of the molecule is C=CCC(C=CC)(CCC)C(C)=O. The highest BCUT2D eigenvalue weighted by Crippen LogP contribution is 2.31. The van der Waals surface area contributed by atoms with Crippen LogP contribution in [0.1, 0.15) is 40.0 Å². The van der Waals surface area contributed by atoms with Crippen LogP contribution >= 0.6 is 0 Å². The van der Waals surface area contributed by atoms with E-state index >= 15 is 0 Å². The molecular weight excluding hydrogens is 160 g/mol. The van der Waals surface area contributed by atoms with Crippen molar-refractivity contribution in [3.63, 3.8) is 0 Å². The number of ketones is 1. The zero-order valence-corrected chi connectivity index (χ0v) is 8.97. The molecular formula is C12H20O. The van der Waals surface area contributed by atoms with Gasteiger partial charge in [0.15, 0.2) is 0 Å². The molecule has 0 saturated heterocycles. The molecule has 13 heavy (non-hydrogen) atoms. The second-order valence-corrected chi connectivity index (χ2v) is 3.46. The first-order chi connectivity index (χ1) is 6.13. The van der Waals surface area contributed by atoms with Crippen molar-refractivity contribution in [2.45, 2.75) is 40.0 Å². The Bertz CT molecular complexity index is 203. The molecule has 0 aromatic heterocycles. The lowest BCUT2D eigenvalue weighted by molar-refractivity contribution is -0.124. The summed E-state index contributed by atoms with van der Waals surface area (Å²) in [6, 6.07) is 0. The van der Waals surface area contributed by atoms with Crippen LogP contribution in [0.3, 0.4) is 0 Å². The lowest BCUT2D eigenvalue weighted by Gasteiger charge is -2.26. The molecule has 0 aliphatic heterocycles. The number of Topliss-reactive ketones (excluding diaryl/α,β-unsaturated/α-hetero) is 1. The molecule has 0 N–H and O–H groups in total. The van der Waals surface area contributed by atoms with Gasteiger partial charge in [-0.15, -0.1) is 6.58 Å². The maximum Gasteiger partial charge on any atom is 0.140 e. The Hall–Kier alpha value is -0.850. The van der Waals surface area contributed by atoms with Crippen molar-refractivity contribution in [3.05, 3.63) is 24.8 Å². The van der Waals surface area contributed by atoms with Crippen molar-refractivity contribution in [3.8, 4) is 0 Å². The zero-order chi connectivity index (χ0) is 10.3. The van der Waals surface area contributed by atoms with Gasteiger partial charge in [-0.05, 0) is 26.7 Å². The highest BCUT2D eigenvalue weighted by atomic mass is 16.1. The average Bonchev–Trinajstić information content (AvgIpc) is 2.05. The third-order valence-corrected chi connectivity index (χ3v) is 2.39. The lowest BCUT2D eigenvalue weighted by Crippen LogP contribution is -2.26. The fourth-order valence-electron chi connectivity index (χ4n) is 1.71. The van der Waals surface area contributed by atoms with Crippen LogP contribution in [0, 0.1) is 5.41 Å². The number of carbonyl (C=O) groups excluding carboxylic acids is 1. The van der Waals surface area contributed by atoms with Crippen LogP contribution < -0.4 is 0 Å². The van der Waals surface area contributed by atoms with E-state index < -0.39 is 0 Å². The molecule has 0 rings (SSSR count). The molecule has 0 radical (unpaired) electrons. The minimum Gasteiger partial charge on any atom is -0.299 e. The summed E-state index contributed by atoms with van der Waals surface area (Å²) in [4.78, 5) is 11.5. The van der Waals surface area contributed by atoms with E-state index in [-0.39, 0.29) is 11.2 Å². The number of hydrogen-bond acceptors (Lipinski definition) is 1. The van der Waals surface area contributed by atoms with Crippen LogP contribution in [-0.4, -0.2) is 5.78 Å². The topological polar surface area (TPSA) is 17.1 Å². The van der Waals surface area contributed by atoms with E-state index in [4.69, 9.17) is 0 Å². The summed E-state index contributed by atoms with van der Waals surface area (Å²) >= 11 is 0. The Labute approximate surface area is 81.5 Å². The Morgan fingerprint density at radius 3 is 2.46 bits per heavy atom. The minimum atomic E-state index is -0.286. The molecule has 0 aliphatic carbocycles. The summed E-state index contributed by atoms with van der Waals surface area (Å²) in [5.74, 6) is 0.243. The average molecular weight is 180 g/mol. The number of hydrogen-bond donors (Lipinski definition) is 0. The predicted molar refractivity (Wildman–Crippen MR) is 57.7 cm³/mol. The largest absolute Gasteiger partial charge is 0.299 e. The predicted octanol–water partition coefficient (Wildman–Crippen LogP) is 3.51. The molecule has 0 aromatic carbocycles. The van der Waals surface area contributed by atoms with Gasteiger partial charge in [0.1, 0.15) is 5.78 Å². The summed E-state index contributed by atoms with van der Waals surface area (Å²) in [5.41, 5.74) is -0.286. The zero-order valence-electron chi connectivity index (χ0n) is 8.97. The lowest BCUT2D eigenvalue weighted by atomic mass is 9.76. The highest BCUT2D eigenvalue weighted by molar-refractivity contribution is 5.84. The summed E-state index contributed by atoms with van der Waals surface area (Å²) in [7, 11) is 0. The molecule has 0 fully saturated rings. The molecule has 1 heteroatoms. The normalized spacial score (nSPS) is 15.6. The fraction of sp³-hybridized carbons (Fsp3) is 0.583. The number of allylic oxidation sites excluding steroid dienone is 3. The Morgan fingerprint density at radius 2 is 2.15 bits per heavy atom. The maximum absolute atomic E-state index is 11.5. The van der Waals surface area contributed by atoms with E-state index in [0.29, 0.717) is 0 Å². The molecule has 0 aromatic rings. The first-order valence-electron chi connectivity index (χ1n) is 4.88. The van der Waals surface area contributed by atoms with Crippen molar-refractivity contribution < 1.29 is 4.79 Å². The number of rotatable bonds is 6.